The maximum Gasteiger partial charge on any atom is 0.213 e. The van der Waals surface area contributed by atoms with Crippen LogP contribution in [0.4, 0.5) is 0 Å². The van der Waals surface area contributed by atoms with Crippen molar-refractivity contribution in [3.8, 4) is 22.8 Å². The minimum atomic E-state index is 0.623. The minimum Gasteiger partial charge on any atom is -0.492 e. The van der Waals surface area contributed by atoms with Crippen LogP contribution in [0.3, 0.4) is 0 Å². The monoisotopic (exact) mass is 417 g/mol. The first kappa shape index (κ1) is 21.3. The van der Waals surface area contributed by atoms with E-state index in [9.17, 15) is 0 Å². The number of methoxy groups -OCH3 is 1. The lowest BCUT2D eigenvalue weighted by Gasteiger charge is -2.34. The van der Waals surface area contributed by atoms with Gasteiger partial charge < -0.3 is 14.4 Å². The molecule has 0 amide bonds. The number of benzene rings is 2. The van der Waals surface area contributed by atoms with Gasteiger partial charge in [-0.2, -0.15) is 0 Å². The van der Waals surface area contributed by atoms with E-state index in [4.69, 9.17) is 9.47 Å². The van der Waals surface area contributed by atoms with Gasteiger partial charge >= 0.3 is 0 Å². The van der Waals surface area contributed by atoms with Crippen molar-refractivity contribution < 1.29 is 9.47 Å². The summed E-state index contributed by atoms with van der Waals surface area (Å²) in [6, 6.07) is 22.9. The van der Waals surface area contributed by atoms with Gasteiger partial charge in [-0.1, -0.05) is 42.5 Å². The van der Waals surface area contributed by atoms with Gasteiger partial charge in [-0.25, -0.2) is 4.98 Å². The van der Waals surface area contributed by atoms with Crippen molar-refractivity contribution in [2.24, 2.45) is 0 Å². The molecule has 3 aromatic rings. The molecule has 162 valence electrons. The topological polar surface area (TPSA) is 37.8 Å². The third-order valence-corrected chi connectivity index (χ3v) is 5.83. The summed E-state index contributed by atoms with van der Waals surface area (Å²) < 4.78 is 11.2. The molecule has 0 N–H and O–H groups in total. The smallest absolute Gasteiger partial charge is 0.213 e. The lowest BCUT2D eigenvalue weighted by molar-refractivity contribution is 0.118. The van der Waals surface area contributed by atoms with E-state index >= 15 is 0 Å². The number of aromatic nitrogens is 1. The molecule has 1 aliphatic heterocycles. The number of hydrogen-bond acceptors (Lipinski definition) is 5. The predicted molar refractivity (Wildman–Crippen MR) is 125 cm³/mol. The van der Waals surface area contributed by atoms with Crippen molar-refractivity contribution in [1.29, 1.82) is 0 Å². The van der Waals surface area contributed by atoms with Crippen LogP contribution < -0.4 is 9.47 Å². The summed E-state index contributed by atoms with van der Waals surface area (Å²) in [6.45, 7) is 7.32. The van der Waals surface area contributed by atoms with Crippen molar-refractivity contribution in [1.82, 2.24) is 14.8 Å². The molecule has 5 heteroatoms. The third-order valence-electron chi connectivity index (χ3n) is 5.83. The molecule has 4 rings (SSSR count). The molecule has 0 bridgehead atoms. The van der Waals surface area contributed by atoms with E-state index in [-0.39, 0.29) is 0 Å². The number of nitrogens with zero attached hydrogens (tertiary/aromatic N) is 3. The van der Waals surface area contributed by atoms with Gasteiger partial charge in [0.2, 0.25) is 5.88 Å². The molecule has 0 aliphatic carbocycles. The lowest BCUT2D eigenvalue weighted by Crippen LogP contribution is -2.47. The number of rotatable bonds is 9. The summed E-state index contributed by atoms with van der Waals surface area (Å²) >= 11 is 0. The van der Waals surface area contributed by atoms with Crippen molar-refractivity contribution in [3.63, 3.8) is 0 Å². The van der Waals surface area contributed by atoms with E-state index in [0.29, 0.717) is 12.5 Å². The van der Waals surface area contributed by atoms with Gasteiger partial charge in [0.25, 0.3) is 0 Å². The Morgan fingerprint density at radius 1 is 0.806 bits per heavy atom. The van der Waals surface area contributed by atoms with Crippen LogP contribution in [0.5, 0.6) is 11.6 Å². The fourth-order valence-corrected chi connectivity index (χ4v) is 3.91. The van der Waals surface area contributed by atoms with Crippen LogP contribution >= 0.6 is 0 Å². The molecule has 1 fully saturated rings. The highest BCUT2D eigenvalue weighted by Crippen LogP contribution is 2.24. The lowest BCUT2D eigenvalue weighted by atomic mass is 10.1. The predicted octanol–water partition coefficient (Wildman–Crippen LogP) is 4.00. The maximum atomic E-state index is 5.98. The first-order valence-electron chi connectivity index (χ1n) is 11.0. The normalized spacial score (nSPS) is 15.0. The largest absolute Gasteiger partial charge is 0.492 e. The minimum absolute atomic E-state index is 0.623. The molecule has 2 aromatic carbocycles. The van der Waals surface area contributed by atoms with E-state index in [2.05, 4.69) is 57.2 Å². The van der Waals surface area contributed by atoms with Gasteiger partial charge in [-0.3, -0.25) is 4.90 Å². The van der Waals surface area contributed by atoms with Crippen molar-refractivity contribution in [2.45, 2.75) is 6.42 Å². The van der Waals surface area contributed by atoms with Crippen LogP contribution in [0.1, 0.15) is 5.56 Å². The van der Waals surface area contributed by atoms with E-state index < -0.39 is 0 Å². The Balaban J connectivity index is 1.16. The molecule has 1 saturated heterocycles. The van der Waals surface area contributed by atoms with Gasteiger partial charge in [0.15, 0.2) is 0 Å². The molecule has 1 aliphatic rings. The highest BCUT2D eigenvalue weighted by atomic mass is 16.5. The van der Waals surface area contributed by atoms with Crippen LogP contribution in [-0.4, -0.2) is 67.8 Å². The summed E-state index contributed by atoms with van der Waals surface area (Å²) in [5.41, 5.74) is 3.63. The van der Waals surface area contributed by atoms with Crippen molar-refractivity contribution in [3.05, 3.63) is 78.5 Å². The van der Waals surface area contributed by atoms with Gasteiger partial charge in [-0.15, -0.1) is 0 Å². The summed E-state index contributed by atoms with van der Waals surface area (Å²) in [7, 11) is 1.63. The summed E-state index contributed by atoms with van der Waals surface area (Å²) in [6.07, 6.45) is 2.90. The number of hydrogen-bond donors (Lipinski definition) is 0. The molecule has 2 heterocycles. The van der Waals surface area contributed by atoms with Gasteiger partial charge in [0, 0.05) is 51.5 Å². The number of ether oxygens (including phenoxy) is 2. The number of pyridine rings is 1. The van der Waals surface area contributed by atoms with E-state index in [1.165, 1.54) is 5.56 Å². The molecule has 0 spiro atoms. The van der Waals surface area contributed by atoms with Crippen LogP contribution in [0.25, 0.3) is 11.1 Å². The Labute approximate surface area is 185 Å². The second kappa shape index (κ2) is 10.9. The summed E-state index contributed by atoms with van der Waals surface area (Å²) in [4.78, 5) is 9.22. The fourth-order valence-electron chi connectivity index (χ4n) is 3.91. The van der Waals surface area contributed by atoms with E-state index in [1.54, 1.807) is 13.3 Å². The Bertz CT molecular complexity index is 923. The first-order chi connectivity index (χ1) is 15.3. The van der Waals surface area contributed by atoms with E-state index in [0.717, 1.165) is 62.6 Å². The molecule has 5 nitrogen and oxygen atoms in total. The SMILES string of the molecule is COc1cc(-c2ccc(OCCN3CCN(CCc4ccccc4)CC3)cc2)ccn1. The summed E-state index contributed by atoms with van der Waals surface area (Å²) in [5, 5.41) is 0. The summed E-state index contributed by atoms with van der Waals surface area (Å²) in [5.74, 6) is 1.53. The van der Waals surface area contributed by atoms with E-state index in [1.807, 2.05) is 24.3 Å². The van der Waals surface area contributed by atoms with Crippen molar-refractivity contribution in [2.75, 3.05) is 53.0 Å². The van der Waals surface area contributed by atoms with Crippen LogP contribution in [0.15, 0.2) is 72.9 Å². The third kappa shape index (κ3) is 6.29. The highest BCUT2D eigenvalue weighted by molar-refractivity contribution is 5.64. The zero-order valence-corrected chi connectivity index (χ0v) is 18.2. The van der Waals surface area contributed by atoms with Gasteiger partial charge in [0.05, 0.1) is 7.11 Å². The second-order valence-corrected chi connectivity index (χ2v) is 7.88. The van der Waals surface area contributed by atoms with Crippen LogP contribution in [-0.2, 0) is 6.42 Å². The Hall–Kier alpha value is -2.89. The molecule has 0 radical (unpaired) electrons. The van der Waals surface area contributed by atoms with Crippen LogP contribution in [0, 0.1) is 0 Å². The average Bonchev–Trinajstić information content (AvgIpc) is 2.85. The fraction of sp³-hybridized carbons (Fsp3) is 0.346. The first-order valence-corrected chi connectivity index (χ1v) is 11.0. The zero-order chi connectivity index (χ0) is 21.3. The van der Waals surface area contributed by atoms with Crippen molar-refractivity contribution >= 4 is 0 Å². The average molecular weight is 418 g/mol. The Morgan fingerprint density at radius 3 is 2.23 bits per heavy atom. The standard InChI is InChI=1S/C26H31N3O2/c1-30-26-21-24(11-13-27-26)23-7-9-25(10-8-23)31-20-19-29-17-15-28(16-18-29)14-12-22-5-3-2-4-6-22/h2-11,13,21H,12,14-20H2,1H3. The molecular weight excluding hydrogens is 386 g/mol. The Kier molecular flexibility index (Phi) is 7.53. The van der Waals surface area contributed by atoms with Crippen LogP contribution in [0.2, 0.25) is 0 Å². The molecule has 1 aromatic heterocycles. The Morgan fingerprint density at radius 2 is 1.52 bits per heavy atom. The zero-order valence-electron chi connectivity index (χ0n) is 18.2. The molecule has 0 atom stereocenters. The molecular formula is C26H31N3O2. The quantitative estimate of drug-likeness (QED) is 0.526. The molecule has 0 saturated carbocycles. The maximum absolute atomic E-state index is 5.98. The molecule has 0 unspecified atom stereocenters. The number of piperazine rings is 1. The van der Waals surface area contributed by atoms with Gasteiger partial charge in [-0.05, 0) is 41.3 Å². The highest BCUT2D eigenvalue weighted by Gasteiger charge is 2.16. The van der Waals surface area contributed by atoms with Gasteiger partial charge in [0.1, 0.15) is 12.4 Å². The molecule has 31 heavy (non-hydrogen) atoms. The second-order valence-electron chi connectivity index (χ2n) is 7.88.